The van der Waals surface area contributed by atoms with E-state index in [1.807, 2.05) is 0 Å². The van der Waals surface area contributed by atoms with Gasteiger partial charge in [-0.2, -0.15) is 0 Å². The van der Waals surface area contributed by atoms with Gasteiger partial charge in [0.2, 0.25) is 0 Å². The predicted octanol–water partition coefficient (Wildman–Crippen LogP) is 6.59. The topological polar surface area (TPSA) is 83.1 Å². The number of ether oxygens (including phenoxy) is 2. The van der Waals surface area contributed by atoms with Crippen LogP contribution in [-0.2, 0) is 9.47 Å². The fourth-order valence-corrected chi connectivity index (χ4v) is 3.86. The van der Waals surface area contributed by atoms with Crippen LogP contribution in [0.15, 0.2) is 24.3 Å². The number of benzene rings is 1. The van der Waals surface area contributed by atoms with Crippen molar-refractivity contribution in [2.24, 2.45) is 0 Å². The lowest BCUT2D eigenvalue weighted by atomic mass is 10.2. The fourth-order valence-electron chi connectivity index (χ4n) is 3.86. The Morgan fingerprint density at radius 1 is 0.611 bits per heavy atom. The highest BCUT2D eigenvalue weighted by Gasteiger charge is 2.09. The molecule has 1 aromatic rings. The van der Waals surface area contributed by atoms with Crippen LogP contribution in [0.4, 0.5) is 21.0 Å². The summed E-state index contributed by atoms with van der Waals surface area (Å²) in [5.74, 6) is 0. The van der Waals surface area contributed by atoms with Crippen LogP contribution >= 0.6 is 0 Å². The molecule has 0 aliphatic rings. The Labute approximate surface area is 219 Å². The summed E-state index contributed by atoms with van der Waals surface area (Å²) < 4.78 is 10.6. The predicted molar refractivity (Wildman–Crippen MR) is 149 cm³/mol. The molecule has 0 fully saturated rings. The first kappa shape index (κ1) is 31.7. The number of nitrogens with zero attached hydrogens (tertiary/aromatic N) is 2. The molecule has 1 rings (SSSR count). The molecule has 0 aliphatic carbocycles. The van der Waals surface area contributed by atoms with Crippen molar-refractivity contribution in [3.63, 3.8) is 0 Å². The summed E-state index contributed by atoms with van der Waals surface area (Å²) in [6.45, 7) is 14.8. The maximum atomic E-state index is 12.1. The van der Waals surface area contributed by atoms with Gasteiger partial charge in [-0.15, -0.1) is 0 Å². The minimum Gasteiger partial charge on any atom is -0.448 e. The third-order valence-corrected chi connectivity index (χ3v) is 6.21. The molecule has 0 radical (unpaired) electrons. The molecule has 0 saturated heterocycles. The van der Waals surface area contributed by atoms with Gasteiger partial charge in [0.05, 0.1) is 0 Å². The van der Waals surface area contributed by atoms with Gasteiger partial charge in [0, 0.05) is 24.5 Å². The van der Waals surface area contributed by atoms with Crippen LogP contribution in [0.3, 0.4) is 0 Å². The largest absolute Gasteiger partial charge is 0.448 e. The van der Waals surface area contributed by atoms with E-state index in [4.69, 9.17) is 9.47 Å². The Morgan fingerprint density at radius 2 is 1.00 bits per heavy atom. The Morgan fingerprint density at radius 3 is 1.33 bits per heavy atom. The molecular formula is C28H50N4O4. The molecule has 0 spiro atoms. The average molecular weight is 507 g/mol. The lowest BCUT2D eigenvalue weighted by Crippen LogP contribution is -2.30. The minimum absolute atomic E-state index is 0.354. The Balaban J connectivity index is 2.26. The number of carbonyl (C=O) groups is 2. The highest BCUT2D eigenvalue weighted by atomic mass is 16.6. The van der Waals surface area contributed by atoms with Gasteiger partial charge < -0.3 is 19.3 Å². The second kappa shape index (κ2) is 20.8. The van der Waals surface area contributed by atoms with E-state index in [1.54, 1.807) is 24.3 Å². The third kappa shape index (κ3) is 15.6. The molecule has 8 heteroatoms. The number of hydrogen-bond donors (Lipinski definition) is 2. The van der Waals surface area contributed by atoms with Crippen LogP contribution < -0.4 is 10.6 Å². The van der Waals surface area contributed by atoms with Crippen LogP contribution in [0.1, 0.15) is 79.1 Å². The summed E-state index contributed by atoms with van der Waals surface area (Å²) >= 11 is 0. The van der Waals surface area contributed by atoms with E-state index in [9.17, 15) is 9.59 Å². The zero-order valence-corrected chi connectivity index (χ0v) is 23.2. The average Bonchev–Trinajstić information content (AvgIpc) is 2.88. The van der Waals surface area contributed by atoms with Crippen molar-refractivity contribution >= 4 is 23.6 Å². The number of amides is 2. The van der Waals surface area contributed by atoms with Gasteiger partial charge in [0.1, 0.15) is 13.2 Å². The minimum atomic E-state index is -0.479. The monoisotopic (exact) mass is 506 g/mol. The molecule has 2 N–H and O–H groups in total. The highest BCUT2D eigenvalue weighted by Crippen LogP contribution is 2.14. The molecule has 2 amide bonds. The van der Waals surface area contributed by atoms with Crippen LogP contribution in [0.2, 0.25) is 0 Å². The maximum Gasteiger partial charge on any atom is 0.411 e. The molecule has 206 valence electrons. The van der Waals surface area contributed by atoms with Crippen molar-refractivity contribution in [2.45, 2.75) is 79.1 Å². The summed E-state index contributed by atoms with van der Waals surface area (Å²) in [7, 11) is 0. The molecule has 0 unspecified atom stereocenters. The fraction of sp³-hybridized carbons (Fsp3) is 0.714. The van der Waals surface area contributed by atoms with Crippen molar-refractivity contribution in [2.75, 3.05) is 63.1 Å². The zero-order valence-electron chi connectivity index (χ0n) is 23.2. The number of hydrogen-bond acceptors (Lipinski definition) is 6. The Hall–Kier alpha value is -2.32. The number of anilines is 2. The van der Waals surface area contributed by atoms with Gasteiger partial charge in [-0.3, -0.25) is 10.6 Å². The number of unbranched alkanes of at least 4 members (excludes halogenated alkanes) is 6. The number of likely N-dealkylation sites (N-methyl/N-ethyl adjacent to an activating group) is 2. The lowest BCUT2D eigenvalue weighted by Gasteiger charge is -2.20. The maximum absolute atomic E-state index is 12.1. The lowest BCUT2D eigenvalue weighted by molar-refractivity contribution is 0.139. The van der Waals surface area contributed by atoms with E-state index in [0.29, 0.717) is 24.6 Å². The van der Waals surface area contributed by atoms with Crippen LogP contribution in [0, 0.1) is 0 Å². The molecule has 0 saturated carbocycles. The molecule has 36 heavy (non-hydrogen) atoms. The standard InChI is InChI=1S/C28H50N4O4/c1-5-9-11-13-19-31(7-3)21-23-35-27(33)29-25-15-17-26(18-16-25)30-28(34)36-24-22-32(8-4)20-14-12-10-6-2/h15-18H,5-14,19-24H2,1-4H3,(H,29,33)(H,30,34). The second-order valence-corrected chi connectivity index (χ2v) is 9.09. The third-order valence-electron chi connectivity index (χ3n) is 6.21. The zero-order chi connectivity index (χ0) is 26.4. The van der Waals surface area contributed by atoms with E-state index >= 15 is 0 Å². The molecule has 0 aromatic heterocycles. The summed E-state index contributed by atoms with van der Waals surface area (Å²) in [4.78, 5) is 28.8. The van der Waals surface area contributed by atoms with Gasteiger partial charge in [-0.05, 0) is 63.3 Å². The quantitative estimate of drug-likeness (QED) is 0.194. The Kier molecular flexibility index (Phi) is 18.3. The van der Waals surface area contributed by atoms with Crippen molar-refractivity contribution < 1.29 is 19.1 Å². The van der Waals surface area contributed by atoms with Crippen molar-refractivity contribution in [1.29, 1.82) is 0 Å². The van der Waals surface area contributed by atoms with Crippen LogP contribution in [-0.4, -0.2) is 74.5 Å². The van der Waals surface area contributed by atoms with E-state index < -0.39 is 12.2 Å². The van der Waals surface area contributed by atoms with Crippen LogP contribution in [0.5, 0.6) is 0 Å². The first-order chi connectivity index (χ1) is 17.5. The number of nitrogens with one attached hydrogen (secondary N) is 2. The number of carbonyl (C=O) groups excluding carboxylic acids is 2. The van der Waals surface area contributed by atoms with E-state index in [0.717, 1.165) is 39.3 Å². The van der Waals surface area contributed by atoms with Crippen molar-refractivity contribution in [3.8, 4) is 0 Å². The van der Waals surface area contributed by atoms with E-state index in [2.05, 4.69) is 48.1 Å². The molecule has 0 heterocycles. The molecule has 0 aliphatic heterocycles. The highest BCUT2D eigenvalue weighted by molar-refractivity contribution is 5.87. The van der Waals surface area contributed by atoms with Crippen LogP contribution in [0.25, 0.3) is 0 Å². The molecule has 8 nitrogen and oxygen atoms in total. The Bertz CT molecular complexity index is 640. The van der Waals surface area contributed by atoms with Crippen molar-refractivity contribution in [1.82, 2.24) is 9.80 Å². The molecule has 1 aromatic carbocycles. The van der Waals surface area contributed by atoms with Gasteiger partial charge >= 0.3 is 12.2 Å². The smallest absolute Gasteiger partial charge is 0.411 e. The van der Waals surface area contributed by atoms with E-state index in [-0.39, 0.29) is 0 Å². The molecular weight excluding hydrogens is 456 g/mol. The normalized spacial score (nSPS) is 11.1. The number of rotatable bonds is 20. The van der Waals surface area contributed by atoms with Gasteiger partial charge in [0.25, 0.3) is 0 Å². The summed E-state index contributed by atoms with van der Waals surface area (Å²) in [5.41, 5.74) is 1.21. The van der Waals surface area contributed by atoms with Gasteiger partial charge in [-0.25, -0.2) is 9.59 Å². The summed E-state index contributed by atoms with van der Waals surface area (Å²) in [6, 6.07) is 6.88. The van der Waals surface area contributed by atoms with Crippen molar-refractivity contribution in [3.05, 3.63) is 24.3 Å². The summed E-state index contributed by atoms with van der Waals surface area (Å²) in [6.07, 6.45) is 8.88. The summed E-state index contributed by atoms with van der Waals surface area (Å²) in [5, 5.41) is 5.45. The SMILES string of the molecule is CCCCCCN(CC)CCOC(=O)Nc1ccc(NC(=O)OCCN(CC)CCCCCC)cc1. The molecule has 0 atom stereocenters. The first-order valence-electron chi connectivity index (χ1n) is 13.9. The molecule has 0 bridgehead atoms. The van der Waals surface area contributed by atoms with E-state index in [1.165, 1.54) is 51.4 Å². The first-order valence-corrected chi connectivity index (χ1v) is 13.9. The van der Waals surface area contributed by atoms with Gasteiger partial charge in [0.15, 0.2) is 0 Å². The second-order valence-electron chi connectivity index (χ2n) is 9.09. The van der Waals surface area contributed by atoms with Gasteiger partial charge in [-0.1, -0.05) is 66.2 Å².